The zero-order valence-electron chi connectivity index (χ0n) is 30.8. The van der Waals surface area contributed by atoms with Gasteiger partial charge in [-0.05, 0) is 118 Å². The van der Waals surface area contributed by atoms with Crippen LogP contribution in [0.2, 0.25) is 0 Å². The Kier molecular flexibility index (Phi) is 10.2. The SMILES string of the molecule is C\C=C/C=C\C(=C\C1=Cc2c(ccc(OC)c2-c2ccccc2)CC1)c1cccc(N(c2ccccc2)c2ccc(-c3cccc4ccccc34)cc2)c1. The number of hydrogen-bond acceptors (Lipinski definition) is 2. The van der Waals surface area contributed by atoms with Crippen molar-refractivity contribution in [3.05, 3.63) is 216 Å². The average molecular weight is 698 g/mol. The Bertz CT molecular complexity index is 2520. The molecule has 1 aliphatic rings. The zero-order chi connectivity index (χ0) is 36.7. The second-order valence-electron chi connectivity index (χ2n) is 13.6. The molecule has 0 fully saturated rings. The molecule has 0 spiro atoms. The number of ether oxygens (including phenoxy) is 1. The molecule has 1 aliphatic carbocycles. The van der Waals surface area contributed by atoms with E-state index in [-0.39, 0.29) is 0 Å². The minimum atomic E-state index is 0.897. The third kappa shape index (κ3) is 7.20. The summed E-state index contributed by atoms with van der Waals surface area (Å²) in [6, 6.07) is 58.6. The summed E-state index contributed by atoms with van der Waals surface area (Å²) in [5, 5.41) is 2.51. The number of nitrogens with zero attached hydrogens (tertiary/aromatic N) is 1. The molecule has 2 nitrogen and oxygen atoms in total. The number of hydrogen-bond donors (Lipinski definition) is 0. The molecule has 0 radical (unpaired) electrons. The molecule has 0 bridgehead atoms. The fourth-order valence-corrected chi connectivity index (χ4v) is 7.56. The number of anilines is 3. The highest BCUT2D eigenvalue weighted by Gasteiger charge is 2.19. The first-order chi connectivity index (χ1) is 26.7. The lowest BCUT2D eigenvalue weighted by atomic mass is 9.85. The summed E-state index contributed by atoms with van der Waals surface area (Å²) >= 11 is 0. The van der Waals surface area contributed by atoms with Crippen LogP contribution in [-0.2, 0) is 6.42 Å². The maximum atomic E-state index is 5.90. The van der Waals surface area contributed by atoms with Gasteiger partial charge in [-0.25, -0.2) is 0 Å². The van der Waals surface area contributed by atoms with E-state index in [9.17, 15) is 0 Å². The lowest BCUT2D eigenvalue weighted by Crippen LogP contribution is -2.10. The van der Waals surface area contributed by atoms with E-state index in [2.05, 4.69) is 212 Å². The number of para-hydroxylation sites is 1. The maximum Gasteiger partial charge on any atom is 0.127 e. The summed E-state index contributed by atoms with van der Waals surface area (Å²) in [6.07, 6.45) is 15.2. The van der Waals surface area contributed by atoms with Gasteiger partial charge >= 0.3 is 0 Å². The van der Waals surface area contributed by atoms with Gasteiger partial charge in [0.05, 0.1) is 7.11 Å². The van der Waals surface area contributed by atoms with Crippen LogP contribution in [0.3, 0.4) is 0 Å². The third-order valence-electron chi connectivity index (χ3n) is 10.2. The van der Waals surface area contributed by atoms with Crippen molar-refractivity contribution in [2.45, 2.75) is 19.8 Å². The fraction of sp³-hybridized carbons (Fsp3) is 0.0769. The van der Waals surface area contributed by atoms with Crippen LogP contribution in [0.5, 0.6) is 5.75 Å². The van der Waals surface area contributed by atoms with Crippen molar-refractivity contribution >= 4 is 39.5 Å². The van der Waals surface area contributed by atoms with Gasteiger partial charge in [-0.1, -0.05) is 158 Å². The predicted octanol–water partition coefficient (Wildman–Crippen LogP) is 14.2. The second-order valence-corrected chi connectivity index (χ2v) is 13.6. The van der Waals surface area contributed by atoms with Gasteiger partial charge in [0.25, 0.3) is 0 Å². The van der Waals surface area contributed by atoms with Gasteiger partial charge in [0, 0.05) is 22.6 Å². The molecule has 0 saturated carbocycles. The normalized spacial score (nSPS) is 12.9. The number of benzene rings is 7. The zero-order valence-corrected chi connectivity index (χ0v) is 30.8. The lowest BCUT2D eigenvalue weighted by molar-refractivity contribution is 0.416. The van der Waals surface area contributed by atoms with Crippen molar-refractivity contribution in [1.82, 2.24) is 0 Å². The minimum absolute atomic E-state index is 0.897. The summed E-state index contributed by atoms with van der Waals surface area (Å²) in [5.74, 6) is 0.897. The van der Waals surface area contributed by atoms with Crippen molar-refractivity contribution in [1.29, 1.82) is 0 Å². The Morgan fingerprint density at radius 3 is 2.11 bits per heavy atom. The number of rotatable bonds is 10. The topological polar surface area (TPSA) is 12.5 Å². The minimum Gasteiger partial charge on any atom is -0.496 e. The highest BCUT2D eigenvalue weighted by atomic mass is 16.5. The largest absolute Gasteiger partial charge is 0.496 e. The Labute approximate surface area is 319 Å². The number of aryl methyl sites for hydroxylation is 1. The molecule has 7 aromatic carbocycles. The summed E-state index contributed by atoms with van der Waals surface area (Å²) in [5.41, 5.74) is 14.3. The molecule has 0 amide bonds. The molecule has 0 saturated heterocycles. The molecule has 0 aromatic heterocycles. The first-order valence-electron chi connectivity index (χ1n) is 18.7. The van der Waals surface area contributed by atoms with Crippen LogP contribution < -0.4 is 9.64 Å². The number of allylic oxidation sites excluding steroid dienone is 7. The monoisotopic (exact) mass is 697 g/mol. The molecule has 0 aliphatic heterocycles. The van der Waals surface area contributed by atoms with E-state index in [0.29, 0.717) is 0 Å². The Morgan fingerprint density at radius 1 is 0.611 bits per heavy atom. The van der Waals surface area contributed by atoms with Gasteiger partial charge in [0.1, 0.15) is 5.75 Å². The molecule has 262 valence electrons. The van der Waals surface area contributed by atoms with Crippen LogP contribution >= 0.6 is 0 Å². The first-order valence-corrected chi connectivity index (χ1v) is 18.7. The Balaban J connectivity index is 1.20. The fourth-order valence-electron chi connectivity index (χ4n) is 7.56. The van der Waals surface area contributed by atoms with Crippen molar-refractivity contribution < 1.29 is 4.74 Å². The van der Waals surface area contributed by atoms with Gasteiger partial charge in [0.15, 0.2) is 0 Å². The van der Waals surface area contributed by atoms with Crippen molar-refractivity contribution in [2.75, 3.05) is 12.0 Å². The van der Waals surface area contributed by atoms with Crippen molar-refractivity contribution in [2.24, 2.45) is 0 Å². The molecule has 0 N–H and O–H groups in total. The van der Waals surface area contributed by atoms with E-state index < -0.39 is 0 Å². The highest BCUT2D eigenvalue weighted by Crippen LogP contribution is 2.41. The lowest BCUT2D eigenvalue weighted by Gasteiger charge is -2.26. The van der Waals surface area contributed by atoms with Gasteiger partial charge in [-0.3, -0.25) is 0 Å². The van der Waals surface area contributed by atoms with Gasteiger partial charge in [0.2, 0.25) is 0 Å². The van der Waals surface area contributed by atoms with Crippen LogP contribution in [0.15, 0.2) is 200 Å². The van der Waals surface area contributed by atoms with Gasteiger partial charge < -0.3 is 9.64 Å². The van der Waals surface area contributed by atoms with Crippen LogP contribution in [-0.4, -0.2) is 7.11 Å². The van der Waals surface area contributed by atoms with E-state index in [1.54, 1.807) is 7.11 Å². The maximum absolute atomic E-state index is 5.90. The van der Waals surface area contributed by atoms with E-state index >= 15 is 0 Å². The summed E-state index contributed by atoms with van der Waals surface area (Å²) in [6.45, 7) is 2.05. The summed E-state index contributed by atoms with van der Waals surface area (Å²) < 4.78 is 5.90. The molecule has 0 atom stereocenters. The quantitative estimate of drug-likeness (QED) is 0.132. The molecule has 0 unspecified atom stereocenters. The van der Waals surface area contributed by atoms with Crippen LogP contribution in [0.25, 0.3) is 44.7 Å². The average Bonchev–Trinajstić information content (AvgIpc) is 3.24. The van der Waals surface area contributed by atoms with Crippen molar-refractivity contribution in [3.63, 3.8) is 0 Å². The summed E-state index contributed by atoms with van der Waals surface area (Å²) in [7, 11) is 1.76. The number of methoxy groups -OCH3 is 1. The van der Waals surface area contributed by atoms with E-state index in [0.717, 1.165) is 52.4 Å². The molecular weight excluding hydrogens is 655 g/mol. The van der Waals surface area contributed by atoms with Gasteiger partial charge in [-0.2, -0.15) is 0 Å². The standard InChI is InChI=1S/C52H43NO/c1-3-4-7-19-43(35-38-27-28-41-31-34-51(54-2)52(50(41)36-38)42-17-8-5-9-18-42)44-21-14-24-47(37-44)53(45-22-10-6-11-23-45)46-32-29-40(30-33-46)49-26-15-20-39-16-12-13-25-48(39)49/h3-26,29-37H,27-28H2,1-2H3/b4-3-,19-7-,43-35-. The molecule has 0 heterocycles. The second kappa shape index (κ2) is 15.9. The van der Waals surface area contributed by atoms with E-state index in [4.69, 9.17) is 4.74 Å². The van der Waals surface area contributed by atoms with E-state index in [1.807, 2.05) is 0 Å². The van der Waals surface area contributed by atoms with Crippen LogP contribution in [0.4, 0.5) is 17.1 Å². The first kappa shape index (κ1) is 34.4. The molecule has 8 rings (SSSR count). The summed E-state index contributed by atoms with van der Waals surface area (Å²) in [4.78, 5) is 2.35. The smallest absolute Gasteiger partial charge is 0.127 e. The molecule has 2 heteroatoms. The Morgan fingerprint density at radius 2 is 1.31 bits per heavy atom. The van der Waals surface area contributed by atoms with E-state index in [1.165, 1.54) is 44.2 Å². The van der Waals surface area contributed by atoms with Gasteiger partial charge in [-0.15, -0.1) is 0 Å². The Hall–Kier alpha value is -6.64. The van der Waals surface area contributed by atoms with Crippen LogP contribution in [0.1, 0.15) is 30.0 Å². The predicted molar refractivity (Wildman–Crippen MR) is 231 cm³/mol. The highest BCUT2D eigenvalue weighted by molar-refractivity contribution is 5.97. The number of fused-ring (bicyclic) bond motifs is 2. The van der Waals surface area contributed by atoms with Crippen LogP contribution in [0, 0.1) is 0 Å². The molecule has 54 heavy (non-hydrogen) atoms. The van der Waals surface area contributed by atoms with Crippen molar-refractivity contribution in [3.8, 4) is 28.0 Å². The molecule has 7 aromatic rings. The third-order valence-corrected chi connectivity index (χ3v) is 10.2. The molecular formula is C52H43NO.